The van der Waals surface area contributed by atoms with Crippen LogP contribution in [0.1, 0.15) is 32.1 Å². The van der Waals surface area contributed by atoms with Crippen molar-refractivity contribution in [1.82, 2.24) is 5.32 Å². The quantitative estimate of drug-likeness (QED) is 0.666. The van der Waals surface area contributed by atoms with Gasteiger partial charge in [0.2, 0.25) is 0 Å². The first-order valence-corrected chi connectivity index (χ1v) is 6.62. The third kappa shape index (κ3) is 4.89. The topological polar surface area (TPSA) is 32.3 Å². The van der Waals surface area contributed by atoms with Crippen LogP contribution in [0.25, 0.3) is 0 Å². The maximum absolute atomic E-state index is 9.44. The molecule has 0 spiro atoms. The Balaban J connectivity index is 2.00. The van der Waals surface area contributed by atoms with Crippen LogP contribution in [0.4, 0.5) is 0 Å². The third-order valence-electron chi connectivity index (χ3n) is 2.60. The van der Waals surface area contributed by atoms with E-state index >= 15 is 0 Å². The van der Waals surface area contributed by atoms with Gasteiger partial charge in [0.25, 0.3) is 0 Å². The highest BCUT2D eigenvalue weighted by atomic mass is 32.2. The fraction of sp³-hybridized carbons (Fsp3) is 1.00. The van der Waals surface area contributed by atoms with E-state index < -0.39 is 0 Å². The van der Waals surface area contributed by atoms with Gasteiger partial charge < -0.3 is 10.4 Å². The second-order valence-corrected chi connectivity index (χ2v) is 4.80. The number of hydrogen-bond donors (Lipinski definition) is 2. The number of aliphatic hydroxyl groups is 1. The molecule has 2 N–H and O–H groups in total. The lowest BCUT2D eigenvalue weighted by Crippen LogP contribution is -2.36. The molecule has 1 fully saturated rings. The highest BCUT2D eigenvalue weighted by Crippen LogP contribution is 2.18. The van der Waals surface area contributed by atoms with Gasteiger partial charge in [-0.15, -0.1) is 0 Å². The molecule has 0 saturated heterocycles. The van der Waals surface area contributed by atoms with E-state index in [-0.39, 0.29) is 6.10 Å². The minimum absolute atomic E-state index is 0.0493. The molecule has 0 aromatic rings. The Morgan fingerprint density at radius 3 is 3.00 bits per heavy atom. The minimum atomic E-state index is -0.0493. The minimum Gasteiger partial charge on any atom is -0.393 e. The molecule has 1 saturated carbocycles. The van der Waals surface area contributed by atoms with E-state index in [0.717, 1.165) is 19.4 Å². The van der Waals surface area contributed by atoms with Crippen molar-refractivity contribution in [1.29, 1.82) is 0 Å². The van der Waals surface area contributed by atoms with Crippen LogP contribution in [0.15, 0.2) is 0 Å². The summed E-state index contributed by atoms with van der Waals surface area (Å²) < 4.78 is 0. The smallest absolute Gasteiger partial charge is 0.0555 e. The zero-order chi connectivity index (χ0) is 9.52. The molecule has 2 nitrogen and oxygen atoms in total. The second kappa shape index (κ2) is 6.68. The van der Waals surface area contributed by atoms with Gasteiger partial charge >= 0.3 is 0 Å². The van der Waals surface area contributed by atoms with Crippen LogP contribution in [0.5, 0.6) is 0 Å². The van der Waals surface area contributed by atoms with E-state index in [2.05, 4.69) is 11.6 Å². The Morgan fingerprint density at radius 1 is 1.46 bits per heavy atom. The predicted molar refractivity (Wildman–Crippen MR) is 59.3 cm³/mol. The molecular formula is C10H21NOS. The van der Waals surface area contributed by atoms with Crippen molar-refractivity contribution < 1.29 is 5.11 Å². The zero-order valence-corrected chi connectivity index (χ0v) is 9.28. The van der Waals surface area contributed by atoms with E-state index in [0.29, 0.717) is 6.04 Å². The second-order valence-electron chi connectivity index (χ2n) is 3.82. The number of rotatable bonds is 5. The summed E-state index contributed by atoms with van der Waals surface area (Å²) in [5.74, 6) is 1.24. The third-order valence-corrected chi connectivity index (χ3v) is 3.30. The normalized spacial score (nSPS) is 29.1. The molecule has 0 amide bonds. The van der Waals surface area contributed by atoms with E-state index in [1.807, 2.05) is 11.8 Å². The van der Waals surface area contributed by atoms with Crippen molar-refractivity contribution in [3.8, 4) is 0 Å². The largest absolute Gasteiger partial charge is 0.393 e. The average molecular weight is 203 g/mol. The van der Waals surface area contributed by atoms with Crippen LogP contribution >= 0.6 is 11.8 Å². The van der Waals surface area contributed by atoms with E-state index in [1.54, 1.807) is 0 Å². The lowest BCUT2D eigenvalue weighted by Gasteiger charge is -2.26. The zero-order valence-electron chi connectivity index (χ0n) is 8.46. The molecule has 0 bridgehead atoms. The molecule has 2 atom stereocenters. The summed E-state index contributed by atoms with van der Waals surface area (Å²) in [6.07, 6.45) is 7.73. The van der Waals surface area contributed by atoms with Gasteiger partial charge in [-0.25, -0.2) is 0 Å². The Morgan fingerprint density at radius 2 is 2.31 bits per heavy atom. The lowest BCUT2D eigenvalue weighted by molar-refractivity contribution is 0.112. The van der Waals surface area contributed by atoms with Crippen molar-refractivity contribution in [2.24, 2.45) is 0 Å². The van der Waals surface area contributed by atoms with Crippen LogP contribution in [0.3, 0.4) is 0 Å². The predicted octanol–water partition coefficient (Wildman–Crippen LogP) is 1.63. The molecule has 1 aliphatic rings. The summed E-state index contributed by atoms with van der Waals surface area (Å²) in [4.78, 5) is 0. The van der Waals surface area contributed by atoms with Crippen LogP contribution in [-0.2, 0) is 0 Å². The van der Waals surface area contributed by atoms with E-state index in [4.69, 9.17) is 0 Å². The van der Waals surface area contributed by atoms with Gasteiger partial charge in [-0.1, -0.05) is 0 Å². The van der Waals surface area contributed by atoms with Crippen molar-refractivity contribution >= 4 is 11.8 Å². The molecule has 0 aromatic heterocycles. The van der Waals surface area contributed by atoms with Crippen LogP contribution in [-0.4, -0.2) is 35.8 Å². The summed E-state index contributed by atoms with van der Waals surface area (Å²) in [6.45, 7) is 1.11. The molecule has 0 radical (unpaired) electrons. The first-order chi connectivity index (χ1) is 6.33. The molecule has 78 valence electrons. The summed E-state index contributed by atoms with van der Waals surface area (Å²) in [6, 6.07) is 0.575. The monoisotopic (exact) mass is 203 g/mol. The average Bonchev–Trinajstić information content (AvgIpc) is 2.13. The first-order valence-electron chi connectivity index (χ1n) is 5.23. The Hall–Kier alpha value is 0.270. The molecule has 2 unspecified atom stereocenters. The molecule has 0 heterocycles. The van der Waals surface area contributed by atoms with Crippen LogP contribution in [0, 0.1) is 0 Å². The molecule has 3 heteroatoms. The Labute approximate surface area is 85.5 Å². The number of thioether (sulfide) groups is 1. The van der Waals surface area contributed by atoms with Crippen LogP contribution < -0.4 is 5.32 Å². The van der Waals surface area contributed by atoms with Gasteiger partial charge in [0.05, 0.1) is 6.10 Å². The van der Waals surface area contributed by atoms with Crippen molar-refractivity contribution in [3.63, 3.8) is 0 Å². The van der Waals surface area contributed by atoms with Crippen LogP contribution in [0.2, 0.25) is 0 Å². The van der Waals surface area contributed by atoms with Crippen molar-refractivity contribution in [2.45, 2.75) is 44.2 Å². The SMILES string of the molecule is CSCCCNC1CCCC(O)C1. The molecule has 0 aromatic carbocycles. The van der Waals surface area contributed by atoms with Gasteiger partial charge in [0.15, 0.2) is 0 Å². The van der Waals surface area contributed by atoms with E-state index in [1.165, 1.54) is 25.0 Å². The number of nitrogens with one attached hydrogen (secondary N) is 1. The molecule has 1 aliphatic carbocycles. The summed E-state index contributed by atoms with van der Waals surface area (Å²) in [5, 5.41) is 13.0. The molecular weight excluding hydrogens is 182 g/mol. The van der Waals surface area contributed by atoms with Gasteiger partial charge in [0.1, 0.15) is 0 Å². The highest BCUT2D eigenvalue weighted by Gasteiger charge is 2.18. The van der Waals surface area contributed by atoms with Gasteiger partial charge in [-0.2, -0.15) is 11.8 Å². The molecule has 0 aliphatic heterocycles. The number of hydrogen-bond acceptors (Lipinski definition) is 3. The maximum atomic E-state index is 9.44. The van der Waals surface area contributed by atoms with Crippen molar-refractivity contribution in [2.75, 3.05) is 18.6 Å². The molecule has 13 heavy (non-hydrogen) atoms. The van der Waals surface area contributed by atoms with Gasteiger partial charge in [0, 0.05) is 6.04 Å². The Bertz CT molecular complexity index is 132. The van der Waals surface area contributed by atoms with Gasteiger partial charge in [-0.3, -0.25) is 0 Å². The van der Waals surface area contributed by atoms with Crippen molar-refractivity contribution in [3.05, 3.63) is 0 Å². The Kier molecular flexibility index (Phi) is 5.83. The summed E-state index contributed by atoms with van der Waals surface area (Å²) in [7, 11) is 0. The lowest BCUT2D eigenvalue weighted by atomic mass is 9.93. The maximum Gasteiger partial charge on any atom is 0.0555 e. The number of aliphatic hydroxyl groups excluding tert-OH is 1. The highest BCUT2D eigenvalue weighted by molar-refractivity contribution is 7.98. The summed E-state index contributed by atoms with van der Waals surface area (Å²) in [5.41, 5.74) is 0. The first kappa shape index (κ1) is 11.3. The fourth-order valence-corrected chi connectivity index (χ4v) is 2.31. The fourth-order valence-electron chi connectivity index (χ4n) is 1.87. The standard InChI is InChI=1S/C10H21NOS/c1-13-7-3-6-11-9-4-2-5-10(12)8-9/h9-12H,2-8H2,1H3. The van der Waals surface area contributed by atoms with Gasteiger partial charge in [-0.05, 0) is 50.7 Å². The summed E-state index contributed by atoms with van der Waals surface area (Å²) >= 11 is 1.90. The van der Waals surface area contributed by atoms with E-state index in [9.17, 15) is 5.11 Å². The molecule has 1 rings (SSSR count).